The summed E-state index contributed by atoms with van der Waals surface area (Å²) in [5.41, 5.74) is 2.35. The van der Waals surface area contributed by atoms with Crippen LogP contribution in [0.3, 0.4) is 0 Å². The first-order valence-corrected chi connectivity index (χ1v) is 8.37. The van der Waals surface area contributed by atoms with Crippen molar-refractivity contribution in [1.82, 2.24) is 10.2 Å². The molecule has 0 saturated carbocycles. The molecule has 2 aliphatic heterocycles. The number of fused-ring (bicyclic) bond motifs is 1. The molecule has 2 heterocycles. The number of nitrogens with zero attached hydrogens (tertiary/aromatic N) is 1. The van der Waals surface area contributed by atoms with Crippen molar-refractivity contribution in [1.29, 1.82) is 0 Å². The Morgan fingerprint density at radius 3 is 2.74 bits per heavy atom. The van der Waals surface area contributed by atoms with Crippen LogP contribution in [0, 0.1) is 0 Å². The average Bonchev–Trinajstić information content (AvgIpc) is 2.55. The number of rotatable bonds is 3. The van der Waals surface area contributed by atoms with Crippen LogP contribution in [0.15, 0.2) is 24.3 Å². The number of carbonyl (C=O) groups excluding carboxylic acids is 2. The lowest BCUT2D eigenvalue weighted by Gasteiger charge is -2.37. The zero-order valence-corrected chi connectivity index (χ0v) is 13.6. The van der Waals surface area contributed by atoms with E-state index in [1.165, 1.54) is 5.56 Å². The Labute approximate surface area is 137 Å². The van der Waals surface area contributed by atoms with E-state index in [1.807, 2.05) is 23.1 Å². The molecule has 3 rings (SSSR count). The van der Waals surface area contributed by atoms with Crippen molar-refractivity contribution in [3.05, 3.63) is 35.4 Å². The predicted octanol–water partition coefficient (Wildman–Crippen LogP) is 1.82. The fourth-order valence-electron chi connectivity index (χ4n) is 3.55. The van der Waals surface area contributed by atoms with Gasteiger partial charge in [-0.1, -0.05) is 24.3 Å². The van der Waals surface area contributed by atoms with Crippen molar-refractivity contribution in [2.45, 2.75) is 44.7 Å². The second-order valence-electron chi connectivity index (χ2n) is 6.34. The van der Waals surface area contributed by atoms with Crippen LogP contribution in [0.1, 0.15) is 43.4 Å². The van der Waals surface area contributed by atoms with Crippen molar-refractivity contribution in [3.63, 3.8) is 0 Å². The number of amides is 2. The van der Waals surface area contributed by atoms with E-state index in [4.69, 9.17) is 4.74 Å². The van der Waals surface area contributed by atoms with Crippen LogP contribution in [-0.4, -0.2) is 42.5 Å². The van der Waals surface area contributed by atoms with Crippen molar-refractivity contribution in [2.24, 2.45) is 0 Å². The van der Waals surface area contributed by atoms with Gasteiger partial charge in [-0.05, 0) is 30.4 Å². The summed E-state index contributed by atoms with van der Waals surface area (Å²) in [7, 11) is 0. The summed E-state index contributed by atoms with van der Waals surface area (Å²) in [4.78, 5) is 26.3. The number of nitrogens with one attached hydrogen (secondary N) is 1. The molecule has 1 N–H and O–H groups in total. The third-order valence-corrected chi connectivity index (χ3v) is 4.78. The Bertz CT molecular complexity index is 581. The Hall–Kier alpha value is -1.88. The molecule has 5 nitrogen and oxygen atoms in total. The summed E-state index contributed by atoms with van der Waals surface area (Å²) in [6, 6.07) is 8.17. The monoisotopic (exact) mass is 316 g/mol. The summed E-state index contributed by atoms with van der Waals surface area (Å²) in [5.74, 6) is 0.0493. The van der Waals surface area contributed by atoms with Gasteiger partial charge in [0.05, 0.1) is 12.5 Å². The highest BCUT2D eigenvalue weighted by Gasteiger charge is 2.31. The largest absolute Gasteiger partial charge is 0.381 e. The SMILES string of the molecule is CC(=O)N1CCc2ccccc2C1CC(=O)NC1CCOCC1. The molecule has 2 amide bonds. The van der Waals surface area contributed by atoms with E-state index in [1.54, 1.807) is 6.92 Å². The van der Waals surface area contributed by atoms with Gasteiger partial charge in [0, 0.05) is 32.7 Å². The third-order valence-electron chi connectivity index (χ3n) is 4.78. The standard InChI is InChI=1S/C18H24N2O3/c1-13(21)20-9-6-14-4-2-3-5-16(14)17(20)12-18(22)19-15-7-10-23-11-8-15/h2-5,15,17H,6-12H2,1H3,(H,19,22). The molecular weight excluding hydrogens is 292 g/mol. The smallest absolute Gasteiger partial charge is 0.222 e. The minimum absolute atomic E-state index is 0.0184. The maximum absolute atomic E-state index is 12.5. The molecule has 1 fully saturated rings. The van der Waals surface area contributed by atoms with Gasteiger partial charge in [-0.25, -0.2) is 0 Å². The summed E-state index contributed by atoms with van der Waals surface area (Å²) >= 11 is 0. The van der Waals surface area contributed by atoms with Crippen molar-refractivity contribution >= 4 is 11.8 Å². The Kier molecular flexibility index (Phi) is 4.96. The lowest BCUT2D eigenvalue weighted by atomic mass is 9.90. The highest BCUT2D eigenvalue weighted by atomic mass is 16.5. The molecule has 0 aliphatic carbocycles. The van der Waals surface area contributed by atoms with E-state index in [0.29, 0.717) is 26.2 Å². The molecule has 1 atom stereocenters. The normalized spacial score (nSPS) is 21.6. The van der Waals surface area contributed by atoms with Crippen LogP contribution >= 0.6 is 0 Å². The molecule has 1 aromatic carbocycles. The van der Waals surface area contributed by atoms with E-state index >= 15 is 0 Å². The zero-order chi connectivity index (χ0) is 16.2. The van der Waals surface area contributed by atoms with Crippen LogP contribution < -0.4 is 5.32 Å². The van der Waals surface area contributed by atoms with E-state index in [2.05, 4.69) is 11.4 Å². The number of hydrogen-bond acceptors (Lipinski definition) is 3. The zero-order valence-electron chi connectivity index (χ0n) is 13.6. The molecular formula is C18H24N2O3. The van der Waals surface area contributed by atoms with Crippen molar-refractivity contribution in [3.8, 4) is 0 Å². The summed E-state index contributed by atoms with van der Waals surface area (Å²) in [6.45, 7) is 3.67. The highest BCUT2D eigenvalue weighted by molar-refractivity contribution is 5.79. The molecule has 0 bridgehead atoms. The van der Waals surface area contributed by atoms with Gasteiger partial charge in [-0.3, -0.25) is 9.59 Å². The number of hydrogen-bond donors (Lipinski definition) is 1. The van der Waals surface area contributed by atoms with Crippen LogP contribution in [0.4, 0.5) is 0 Å². The molecule has 0 aromatic heterocycles. The number of benzene rings is 1. The predicted molar refractivity (Wildman–Crippen MR) is 86.9 cm³/mol. The second-order valence-corrected chi connectivity index (χ2v) is 6.34. The third kappa shape index (κ3) is 3.72. The van der Waals surface area contributed by atoms with E-state index in [0.717, 1.165) is 24.8 Å². The van der Waals surface area contributed by atoms with Crippen LogP contribution in [-0.2, 0) is 20.7 Å². The fraction of sp³-hybridized carbons (Fsp3) is 0.556. The number of ether oxygens (including phenoxy) is 1. The Morgan fingerprint density at radius 1 is 1.26 bits per heavy atom. The molecule has 0 radical (unpaired) electrons. The molecule has 0 spiro atoms. The van der Waals surface area contributed by atoms with Gasteiger partial charge in [0.15, 0.2) is 0 Å². The first-order valence-electron chi connectivity index (χ1n) is 8.37. The van der Waals surface area contributed by atoms with Crippen molar-refractivity contribution in [2.75, 3.05) is 19.8 Å². The lowest BCUT2D eigenvalue weighted by Crippen LogP contribution is -2.44. The lowest BCUT2D eigenvalue weighted by molar-refractivity contribution is -0.133. The minimum Gasteiger partial charge on any atom is -0.381 e. The van der Waals surface area contributed by atoms with Gasteiger partial charge in [-0.2, -0.15) is 0 Å². The van der Waals surface area contributed by atoms with Gasteiger partial charge in [0.2, 0.25) is 11.8 Å². The van der Waals surface area contributed by atoms with Gasteiger partial charge in [0.1, 0.15) is 0 Å². The van der Waals surface area contributed by atoms with Crippen LogP contribution in [0.5, 0.6) is 0 Å². The molecule has 5 heteroatoms. The van der Waals surface area contributed by atoms with Crippen LogP contribution in [0.2, 0.25) is 0 Å². The van der Waals surface area contributed by atoms with Crippen molar-refractivity contribution < 1.29 is 14.3 Å². The summed E-state index contributed by atoms with van der Waals surface area (Å²) < 4.78 is 5.32. The van der Waals surface area contributed by atoms with Gasteiger partial charge in [0.25, 0.3) is 0 Å². The Balaban J connectivity index is 1.72. The maximum atomic E-state index is 12.5. The first kappa shape index (κ1) is 16.0. The molecule has 124 valence electrons. The molecule has 1 aromatic rings. The molecule has 23 heavy (non-hydrogen) atoms. The topological polar surface area (TPSA) is 58.6 Å². The maximum Gasteiger partial charge on any atom is 0.222 e. The second kappa shape index (κ2) is 7.13. The van der Waals surface area contributed by atoms with Gasteiger partial charge < -0.3 is 15.0 Å². The average molecular weight is 316 g/mol. The Morgan fingerprint density at radius 2 is 2.00 bits per heavy atom. The molecule has 2 aliphatic rings. The van der Waals surface area contributed by atoms with E-state index < -0.39 is 0 Å². The summed E-state index contributed by atoms with van der Waals surface area (Å²) in [6.07, 6.45) is 2.91. The fourth-order valence-corrected chi connectivity index (χ4v) is 3.55. The minimum atomic E-state index is -0.155. The van der Waals surface area contributed by atoms with E-state index in [9.17, 15) is 9.59 Å². The first-order chi connectivity index (χ1) is 11.1. The van der Waals surface area contributed by atoms with E-state index in [-0.39, 0.29) is 23.9 Å². The molecule has 1 saturated heterocycles. The van der Waals surface area contributed by atoms with Gasteiger partial charge in [-0.15, -0.1) is 0 Å². The quantitative estimate of drug-likeness (QED) is 0.925. The highest BCUT2D eigenvalue weighted by Crippen LogP contribution is 2.32. The van der Waals surface area contributed by atoms with Gasteiger partial charge >= 0.3 is 0 Å². The summed E-state index contributed by atoms with van der Waals surface area (Å²) in [5, 5.41) is 3.10. The molecule has 1 unspecified atom stereocenters. The number of carbonyl (C=O) groups is 2. The van der Waals surface area contributed by atoms with Crippen LogP contribution in [0.25, 0.3) is 0 Å².